The molecule has 194 valence electrons. The Morgan fingerprint density at radius 1 is 1.08 bits per heavy atom. The van der Waals surface area contributed by atoms with Gasteiger partial charge in [-0.2, -0.15) is 0 Å². The zero-order chi connectivity index (χ0) is 26.6. The molecular weight excluding hydrogens is 528 g/mol. The minimum atomic E-state index is -0.407. The molecule has 0 saturated carbocycles. The number of esters is 1. The number of fused-ring (bicyclic) bond motifs is 3. The number of nitrogens with one attached hydrogen (secondary N) is 2. The second-order valence-electron chi connectivity index (χ2n) is 8.24. The molecular formula is C26H23ClN6O4S. The third kappa shape index (κ3) is 5.24. The predicted molar refractivity (Wildman–Crippen MR) is 145 cm³/mol. The molecule has 0 unspecified atom stereocenters. The first-order valence-electron chi connectivity index (χ1n) is 11.6. The van der Waals surface area contributed by atoms with E-state index in [-0.39, 0.29) is 25.5 Å². The topological polar surface area (TPSA) is 120 Å². The molecule has 4 aromatic rings. The summed E-state index contributed by atoms with van der Waals surface area (Å²) in [6, 6.07) is 16.0. The van der Waals surface area contributed by atoms with E-state index >= 15 is 0 Å². The van der Waals surface area contributed by atoms with Crippen LogP contribution in [0.2, 0.25) is 5.02 Å². The van der Waals surface area contributed by atoms with Crippen molar-refractivity contribution in [2.24, 2.45) is 4.99 Å². The number of urea groups is 1. The maximum Gasteiger partial charge on any atom is 0.319 e. The molecule has 3 heterocycles. The number of thiophene rings is 1. The lowest BCUT2D eigenvalue weighted by Crippen LogP contribution is -2.29. The summed E-state index contributed by atoms with van der Waals surface area (Å²) in [5.74, 6) is 1.40. The Hall–Kier alpha value is -4.22. The smallest absolute Gasteiger partial charge is 0.319 e. The first-order valence-corrected chi connectivity index (χ1v) is 12.8. The number of aromatic nitrogens is 3. The molecule has 2 aromatic heterocycles. The van der Waals surface area contributed by atoms with Gasteiger partial charge in [-0.1, -0.05) is 35.9 Å². The van der Waals surface area contributed by atoms with E-state index in [2.05, 4.69) is 20.8 Å². The maximum atomic E-state index is 12.6. The van der Waals surface area contributed by atoms with Gasteiger partial charge in [-0.05, 0) is 24.3 Å². The van der Waals surface area contributed by atoms with Crippen molar-refractivity contribution >= 4 is 46.3 Å². The van der Waals surface area contributed by atoms with Crippen LogP contribution in [-0.4, -0.2) is 46.7 Å². The number of hydrogen-bond donors (Lipinski definition) is 2. The number of methoxy groups -OCH3 is 2. The first kappa shape index (κ1) is 25.4. The van der Waals surface area contributed by atoms with Crippen molar-refractivity contribution in [3.05, 3.63) is 87.3 Å². The molecule has 0 aliphatic carbocycles. The van der Waals surface area contributed by atoms with Crippen LogP contribution in [0.4, 0.5) is 10.5 Å². The third-order valence-corrected chi connectivity index (χ3v) is 7.26. The van der Waals surface area contributed by atoms with E-state index in [1.54, 1.807) is 31.4 Å². The molecule has 0 atom stereocenters. The van der Waals surface area contributed by atoms with Crippen molar-refractivity contribution in [2.45, 2.75) is 19.5 Å². The van der Waals surface area contributed by atoms with Gasteiger partial charge in [0, 0.05) is 32.8 Å². The van der Waals surface area contributed by atoms with Crippen LogP contribution in [0.3, 0.4) is 0 Å². The van der Waals surface area contributed by atoms with Crippen molar-refractivity contribution in [3.63, 3.8) is 0 Å². The number of hydrogen-bond acceptors (Lipinski definition) is 8. The molecule has 2 N–H and O–H groups in total. The van der Waals surface area contributed by atoms with Crippen LogP contribution in [0.15, 0.2) is 59.6 Å². The van der Waals surface area contributed by atoms with Gasteiger partial charge in [0.1, 0.15) is 17.3 Å². The number of carbonyl (C=O) groups excluding carboxylic acids is 2. The average molecular weight is 551 g/mol. The van der Waals surface area contributed by atoms with Crippen LogP contribution >= 0.6 is 22.9 Å². The van der Waals surface area contributed by atoms with Crippen molar-refractivity contribution in [1.29, 1.82) is 0 Å². The molecule has 38 heavy (non-hydrogen) atoms. The van der Waals surface area contributed by atoms with Crippen LogP contribution in [0.5, 0.6) is 5.75 Å². The van der Waals surface area contributed by atoms with E-state index in [1.165, 1.54) is 18.4 Å². The Morgan fingerprint density at radius 2 is 1.92 bits per heavy atom. The quantitative estimate of drug-likeness (QED) is 0.330. The van der Waals surface area contributed by atoms with Crippen molar-refractivity contribution < 1.29 is 19.1 Å². The molecule has 0 spiro atoms. The summed E-state index contributed by atoms with van der Waals surface area (Å²) in [7, 11) is 2.92. The molecule has 2 aromatic carbocycles. The molecule has 1 aliphatic rings. The lowest BCUT2D eigenvalue weighted by atomic mass is 10.0. The summed E-state index contributed by atoms with van der Waals surface area (Å²) in [4.78, 5) is 30.3. The molecule has 12 heteroatoms. The van der Waals surface area contributed by atoms with E-state index in [4.69, 9.17) is 26.1 Å². The fourth-order valence-electron chi connectivity index (χ4n) is 4.03. The van der Waals surface area contributed by atoms with E-state index in [9.17, 15) is 9.59 Å². The van der Waals surface area contributed by atoms with Gasteiger partial charge in [-0.25, -0.2) is 4.79 Å². The highest BCUT2D eigenvalue weighted by Crippen LogP contribution is 2.35. The Kier molecular flexibility index (Phi) is 7.38. The highest BCUT2D eigenvalue weighted by atomic mass is 35.5. The summed E-state index contributed by atoms with van der Waals surface area (Å²) >= 11 is 7.94. The average Bonchev–Trinajstić information content (AvgIpc) is 3.48. The first-order chi connectivity index (χ1) is 18.5. The van der Waals surface area contributed by atoms with Gasteiger partial charge in [-0.15, -0.1) is 21.5 Å². The van der Waals surface area contributed by atoms with Gasteiger partial charge < -0.3 is 20.1 Å². The summed E-state index contributed by atoms with van der Waals surface area (Å²) in [5.41, 5.74) is 2.85. The number of nitrogens with zero attached hydrogens (tertiary/aromatic N) is 4. The molecule has 0 fully saturated rings. The number of amides is 2. The van der Waals surface area contributed by atoms with Gasteiger partial charge >= 0.3 is 12.0 Å². The zero-order valence-corrected chi connectivity index (χ0v) is 22.1. The number of benzene rings is 2. The van der Waals surface area contributed by atoms with Gasteiger partial charge in [0.05, 0.1) is 32.9 Å². The van der Waals surface area contributed by atoms with Crippen LogP contribution in [0.1, 0.15) is 27.7 Å². The fourth-order valence-corrected chi connectivity index (χ4v) is 5.44. The molecule has 0 saturated heterocycles. The highest BCUT2D eigenvalue weighted by molar-refractivity contribution is 7.15. The Labute approximate surface area is 227 Å². The monoisotopic (exact) mass is 550 g/mol. The molecule has 0 bridgehead atoms. The Bertz CT molecular complexity index is 1550. The van der Waals surface area contributed by atoms with Gasteiger partial charge in [0.25, 0.3) is 0 Å². The molecule has 2 amide bonds. The Morgan fingerprint density at radius 3 is 2.71 bits per heavy atom. The number of carbonyl (C=O) groups is 2. The molecule has 10 nitrogen and oxygen atoms in total. The van der Waals surface area contributed by atoms with Gasteiger partial charge in [-0.3, -0.25) is 14.4 Å². The van der Waals surface area contributed by atoms with E-state index < -0.39 is 6.03 Å². The van der Waals surface area contributed by atoms with Crippen molar-refractivity contribution in [1.82, 2.24) is 20.1 Å². The van der Waals surface area contributed by atoms with Crippen LogP contribution < -0.4 is 15.4 Å². The van der Waals surface area contributed by atoms with Crippen LogP contribution in [0.25, 0.3) is 5.00 Å². The zero-order valence-electron chi connectivity index (χ0n) is 20.5. The second kappa shape index (κ2) is 11.0. The fraction of sp³-hybridized carbons (Fsp3) is 0.192. The third-order valence-electron chi connectivity index (χ3n) is 5.81. The van der Waals surface area contributed by atoms with E-state index in [0.717, 1.165) is 21.0 Å². The molecule has 5 rings (SSSR count). The normalized spacial score (nSPS) is 12.0. The lowest BCUT2D eigenvalue weighted by molar-refractivity contribution is -0.139. The number of ether oxygens (including phenoxy) is 2. The van der Waals surface area contributed by atoms with Crippen molar-refractivity contribution in [2.75, 3.05) is 19.5 Å². The number of halogens is 1. The van der Waals surface area contributed by atoms with Crippen LogP contribution in [-0.2, 0) is 29.0 Å². The predicted octanol–water partition coefficient (Wildman–Crippen LogP) is 4.38. The van der Waals surface area contributed by atoms with Gasteiger partial charge in [0.15, 0.2) is 11.6 Å². The SMILES string of the molecule is COC(=O)Cc1cc2c(s1)-n1c(nnc1CNC(=O)Nc1cccc(OC)c1)CN=C2c1ccccc1Cl. The summed E-state index contributed by atoms with van der Waals surface area (Å²) < 4.78 is 11.9. The largest absolute Gasteiger partial charge is 0.497 e. The summed E-state index contributed by atoms with van der Waals surface area (Å²) in [5, 5.41) is 15.6. The van der Waals surface area contributed by atoms with Crippen LogP contribution in [0, 0.1) is 0 Å². The lowest BCUT2D eigenvalue weighted by Gasteiger charge is -2.11. The highest BCUT2D eigenvalue weighted by Gasteiger charge is 2.27. The minimum Gasteiger partial charge on any atom is -0.497 e. The number of rotatable bonds is 7. The minimum absolute atomic E-state index is 0.105. The summed E-state index contributed by atoms with van der Waals surface area (Å²) in [6.45, 7) is 0.366. The second-order valence-corrected chi connectivity index (χ2v) is 9.76. The maximum absolute atomic E-state index is 12.6. The standard InChI is InChI=1S/C26H23ClN6O4S/c1-36-16-7-5-6-15(10-16)30-26(35)29-14-22-32-31-21-13-28-24(18-8-3-4-9-20(18)27)19-11-17(12-23(34)37-2)38-25(19)33(21)22/h3-11H,12-14H2,1-2H3,(H2,29,30,35). The molecule has 1 aliphatic heterocycles. The summed E-state index contributed by atoms with van der Waals surface area (Å²) in [6.07, 6.45) is 0.109. The Balaban J connectivity index is 1.46. The number of anilines is 1. The number of aliphatic imine (C=N–C) groups is 1. The van der Waals surface area contributed by atoms with Crippen molar-refractivity contribution in [3.8, 4) is 10.8 Å². The van der Waals surface area contributed by atoms with E-state index in [0.29, 0.717) is 33.8 Å². The van der Waals surface area contributed by atoms with E-state index in [1.807, 2.05) is 34.9 Å². The van der Waals surface area contributed by atoms with Gasteiger partial charge in [0.2, 0.25) is 0 Å². The molecule has 0 radical (unpaired) electrons.